The van der Waals surface area contributed by atoms with Crippen LogP contribution in [0.4, 0.5) is 11.6 Å². The van der Waals surface area contributed by atoms with Gasteiger partial charge in [-0.25, -0.2) is 9.97 Å². The van der Waals surface area contributed by atoms with Gasteiger partial charge in [0.05, 0.1) is 0 Å². The third kappa shape index (κ3) is 8.96. The zero-order valence-electron chi connectivity index (χ0n) is 20.2. The average Bonchev–Trinajstić information content (AvgIpc) is 2.84. The first-order valence-corrected chi connectivity index (χ1v) is 11.7. The molecule has 0 saturated carbocycles. The quantitative estimate of drug-likeness (QED) is 0.198. The number of halogens is 1. The number of guanidine groups is 1. The maximum atomic E-state index is 4.37. The average molecular weight is 567 g/mol. The van der Waals surface area contributed by atoms with Crippen molar-refractivity contribution in [1.29, 1.82) is 0 Å². The van der Waals surface area contributed by atoms with E-state index < -0.39 is 0 Å². The number of rotatable bonds is 10. The molecule has 0 aliphatic carbocycles. The number of nitrogens with one attached hydrogen (secondary N) is 2. The molecule has 2 heterocycles. The van der Waals surface area contributed by atoms with Crippen molar-refractivity contribution in [2.45, 2.75) is 20.3 Å². The van der Waals surface area contributed by atoms with Gasteiger partial charge in [0.25, 0.3) is 0 Å². The van der Waals surface area contributed by atoms with E-state index in [4.69, 9.17) is 0 Å². The van der Waals surface area contributed by atoms with Gasteiger partial charge in [-0.05, 0) is 50.6 Å². The molecule has 1 saturated heterocycles. The predicted molar refractivity (Wildman–Crippen MR) is 149 cm³/mol. The van der Waals surface area contributed by atoms with Gasteiger partial charge in [-0.3, -0.25) is 9.89 Å². The Labute approximate surface area is 215 Å². The third-order valence-electron chi connectivity index (χ3n) is 5.80. The van der Waals surface area contributed by atoms with E-state index in [1.54, 1.807) is 0 Å². The van der Waals surface area contributed by atoms with E-state index in [1.807, 2.05) is 25.5 Å². The summed E-state index contributed by atoms with van der Waals surface area (Å²) in [5, 5.41) is 6.89. The molecular weight excluding hydrogens is 527 g/mol. The minimum Gasteiger partial charge on any atom is -0.370 e. The second-order valence-corrected chi connectivity index (χ2v) is 8.08. The number of aliphatic imine (C=N–C) groups is 1. The third-order valence-corrected chi connectivity index (χ3v) is 5.80. The number of benzene rings is 1. The van der Waals surface area contributed by atoms with Crippen LogP contribution in [-0.4, -0.2) is 86.8 Å². The van der Waals surface area contributed by atoms with E-state index in [1.165, 1.54) is 11.3 Å². The summed E-state index contributed by atoms with van der Waals surface area (Å²) in [4.78, 5) is 20.2. The number of anilines is 2. The largest absolute Gasteiger partial charge is 0.370 e. The number of likely N-dealkylation sites (N-methyl/N-ethyl adjacent to an activating group) is 1. The first-order valence-electron chi connectivity index (χ1n) is 11.7. The molecule has 0 spiro atoms. The Morgan fingerprint density at radius 1 is 1.06 bits per heavy atom. The highest BCUT2D eigenvalue weighted by atomic mass is 127. The minimum absolute atomic E-state index is 0. The zero-order valence-corrected chi connectivity index (χ0v) is 22.5. The fourth-order valence-electron chi connectivity index (χ4n) is 3.96. The molecule has 2 aromatic rings. The Morgan fingerprint density at radius 2 is 1.79 bits per heavy atom. The summed E-state index contributed by atoms with van der Waals surface area (Å²) in [6.07, 6.45) is 4.71. The Morgan fingerprint density at radius 3 is 2.45 bits per heavy atom. The summed E-state index contributed by atoms with van der Waals surface area (Å²) in [6, 6.07) is 10.5. The van der Waals surface area contributed by atoms with Crippen molar-refractivity contribution in [3.8, 4) is 0 Å². The van der Waals surface area contributed by atoms with Crippen molar-refractivity contribution in [2.24, 2.45) is 4.99 Å². The maximum Gasteiger partial charge on any atom is 0.225 e. The molecule has 33 heavy (non-hydrogen) atoms. The van der Waals surface area contributed by atoms with Crippen molar-refractivity contribution < 1.29 is 0 Å². The molecule has 2 N–H and O–H groups in total. The lowest BCUT2D eigenvalue weighted by Crippen LogP contribution is -2.48. The van der Waals surface area contributed by atoms with Crippen molar-refractivity contribution in [2.75, 3.05) is 75.8 Å². The van der Waals surface area contributed by atoms with Crippen LogP contribution in [0, 0.1) is 6.92 Å². The Hall–Kier alpha value is -2.14. The minimum atomic E-state index is 0. The van der Waals surface area contributed by atoms with Crippen LogP contribution in [0.25, 0.3) is 0 Å². The van der Waals surface area contributed by atoms with Gasteiger partial charge in [-0.1, -0.05) is 12.1 Å². The van der Waals surface area contributed by atoms with Gasteiger partial charge in [-0.2, -0.15) is 0 Å². The zero-order chi connectivity index (χ0) is 22.6. The van der Waals surface area contributed by atoms with Crippen LogP contribution in [0.2, 0.25) is 0 Å². The molecule has 1 aliphatic heterocycles. The molecule has 9 heteroatoms. The number of hydrogen-bond acceptors (Lipinski definition) is 6. The van der Waals surface area contributed by atoms with Gasteiger partial charge in [0.2, 0.25) is 5.95 Å². The molecule has 0 bridgehead atoms. The summed E-state index contributed by atoms with van der Waals surface area (Å²) < 4.78 is 0. The number of aromatic nitrogens is 2. The van der Waals surface area contributed by atoms with Gasteiger partial charge in [0, 0.05) is 77.5 Å². The lowest BCUT2D eigenvalue weighted by atomic mass is 10.2. The van der Waals surface area contributed by atoms with Crippen LogP contribution in [-0.2, 0) is 0 Å². The van der Waals surface area contributed by atoms with E-state index in [9.17, 15) is 0 Å². The summed E-state index contributed by atoms with van der Waals surface area (Å²) >= 11 is 0. The van der Waals surface area contributed by atoms with Crippen molar-refractivity contribution in [3.05, 3.63) is 48.3 Å². The second-order valence-electron chi connectivity index (χ2n) is 8.08. The number of hydrogen-bond donors (Lipinski definition) is 2. The standard InChI is InChI=1S/C24H38N8.HI/c1-4-31(22-9-5-8-21(2)20-22)15-13-27-23(25-3)26-12-7-14-30-16-18-32(19-17-30)24-28-10-6-11-29-24;/h5-6,8-11,20H,4,7,12-19H2,1-3H3,(H2,25,26,27);1H. The first-order chi connectivity index (χ1) is 15.7. The highest BCUT2D eigenvalue weighted by Crippen LogP contribution is 2.15. The Kier molecular flexibility index (Phi) is 12.2. The first kappa shape index (κ1) is 27.1. The van der Waals surface area contributed by atoms with E-state index in [2.05, 4.69) is 78.4 Å². The summed E-state index contributed by atoms with van der Waals surface area (Å²) in [7, 11) is 1.83. The lowest BCUT2D eigenvalue weighted by molar-refractivity contribution is 0.254. The van der Waals surface area contributed by atoms with Crippen LogP contribution >= 0.6 is 24.0 Å². The molecule has 8 nitrogen and oxygen atoms in total. The summed E-state index contributed by atoms with van der Waals surface area (Å²) in [5.74, 6) is 1.71. The summed E-state index contributed by atoms with van der Waals surface area (Å²) in [5.41, 5.74) is 2.57. The topological polar surface area (TPSA) is 71.9 Å². The Balaban J connectivity index is 0.00000385. The van der Waals surface area contributed by atoms with E-state index in [0.717, 1.165) is 77.2 Å². The van der Waals surface area contributed by atoms with Crippen LogP contribution in [0.15, 0.2) is 47.7 Å². The van der Waals surface area contributed by atoms with Crippen LogP contribution < -0.4 is 20.4 Å². The van der Waals surface area contributed by atoms with E-state index >= 15 is 0 Å². The molecule has 1 fully saturated rings. The van der Waals surface area contributed by atoms with E-state index in [0.29, 0.717) is 0 Å². The van der Waals surface area contributed by atoms with Gasteiger partial charge < -0.3 is 20.4 Å². The number of nitrogens with zero attached hydrogens (tertiary/aromatic N) is 6. The lowest BCUT2D eigenvalue weighted by Gasteiger charge is -2.34. The number of aryl methyl sites for hydroxylation is 1. The van der Waals surface area contributed by atoms with Crippen LogP contribution in [0.5, 0.6) is 0 Å². The van der Waals surface area contributed by atoms with Crippen molar-refractivity contribution in [3.63, 3.8) is 0 Å². The van der Waals surface area contributed by atoms with Gasteiger partial charge >= 0.3 is 0 Å². The SMILES string of the molecule is CCN(CCNC(=NC)NCCCN1CCN(c2ncccn2)CC1)c1cccc(C)c1.I. The van der Waals surface area contributed by atoms with Crippen LogP contribution in [0.3, 0.4) is 0 Å². The molecule has 0 atom stereocenters. The van der Waals surface area contributed by atoms with Crippen molar-refractivity contribution >= 4 is 41.6 Å². The van der Waals surface area contributed by atoms with E-state index in [-0.39, 0.29) is 24.0 Å². The molecule has 182 valence electrons. The predicted octanol–water partition coefficient (Wildman–Crippen LogP) is 2.61. The van der Waals surface area contributed by atoms with Crippen molar-refractivity contribution in [1.82, 2.24) is 25.5 Å². The van der Waals surface area contributed by atoms with Crippen LogP contribution in [0.1, 0.15) is 18.9 Å². The highest BCUT2D eigenvalue weighted by molar-refractivity contribution is 14.0. The smallest absolute Gasteiger partial charge is 0.225 e. The van der Waals surface area contributed by atoms with Gasteiger partial charge in [0.15, 0.2) is 5.96 Å². The molecule has 0 radical (unpaired) electrons. The molecule has 1 aromatic heterocycles. The second kappa shape index (κ2) is 14.9. The molecule has 0 unspecified atom stereocenters. The molecule has 3 rings (SSSR count). The molecule has 1 aliphatic rings. The van der Waals surface area contributed by atoms with Gasteiger partial charge in [0.1, 0.15) is 0 Å². The normalized spacial score (nSPS) is 14.5. The fraction of sp³-hybridized carbons (Fsp3) is 0.542. The molecule has 1 aromatic carbocycles. The highest BCUT2D eigenvalue weighted by Gasteiger charge is 2.18. The monoisotopic (exact) mass is 566 g/mol. The Bertz CT molecular complexity index is 824. The summed E-state index contributed by atoms with van der Waals surface area (Å²) in [6.45, 7) is 13.2. The van der Waals surface area contributed by atoms with Gasteiger partial charge in [-0.15, -0.1) is 24.0 Å². The molecular formula is C24H39IN8. The number of piperazine rings is 1. The molecule has 0 amide bonds. The maximum absolute atomic E-state index is 4.37. The fourth-order valence-corrected chi connectivity index (χ4v) is 3.96.